The number of pyridine rings is 1. The third kappa shape index (κ3) is 5.16. The van der Waals surface area contributed by atoms with E-state index in [1.165, 1.54) is 18.5 Å². The van der Waals surface area contributed by atoms with Crippen LogP contribution < -0.4 is 4.72 Å². The number of nitrogens with zero attached hydrogens (tertiary/aromatic N) is 1. The van der Waals surface area contributed by atoms with Crippen LogP contribution in [0.25, 0.3) is 0 Å². The average molecular weight is 343 g/mol. The Morgan fingerprint density at radius 3 is 2.33 bits per heavy atom. The molecular weight excluding hydrogens is 329 g/mol. The van der Waals surface area contributed by atoms with Gasteiger partial charge in [0.05, 0.1) is 0 Å². The molecule has 0 radical (unpaired) electrons. The number of hydrogen-bond donors (Lipinski definition) is 1. The molecule has 0 aromatic carbocycles. The highest BCUT2D eigenvalue weighted by Crippen LogP contribution is 2.36. The summed E-state index contributed by atoms with van der Waals surface area (Å²) in [6.07, 6.45) is -1.69. The molecule has 0 aliphatic heterocycles. The van der Waals surface area contributed by atoms with E-state index in [4.69, 9.17) is 0 Å². The molecule has 0 bridgehead atoms. The summed E-state index contributed by atoms with van der Waals surface area (Å²) in [5.74, 6) is 0. The Kier molecular flexibility index (Phi) is 5.08. The highest BCUT2D eigenvalue weighted by molar-refractivity contribution is 9.10. The van der Waals surface area contributed by atoms with Crippen molar-refractivity contribution in [2.45, 2.75) is 37.7 Å². The van der Waals surface area contributed by atoms with E-state index in [2.05, 4.69) is 25.6 Å². The van der Waals surface area contributed by atoms with Crippen molar-refractivity contribution in [2.24, 2.45) is 0 Å². The third-order valence-electron chi connectivity index (χ3n) is 1.87. The number of rotatable bonds is 3. The van der Waals surface area contributed by atoms with Gasteiger partial charge in [-0.15, -0.1) is 0 Å². The molecule has 0 saturated heterocycles. The summed E-state index contributed by atoms with van der Waals surface area (Å²) in [6, 6.07) is -0.312. The highest BCUT2D eigenvalue weighted by Gasteiger charge is 2.41. The molecule has 0 saturated carbocycles. The largest absolute Gasteiger partial charge is 0.408 e. The third-order valence-corrected chi connectivity index (χ3v) is 3.27. The zero-order valence-corrected chi connectivity index (χ0v) is 12.6. The van der Waals surface area contributed by atoms with Gasteiger partial charge >= 0.3 is 6.18 Å². The first-order chi connectivity index (χ1) is 8.09. The van der Waals surface area contributed by atoms with E-state index in [1.54, 1.807) is 0 Å². The van der Waals surface area contributed by atoms with Crippen LogP contribution in [0, 0.1) is 0 Å². The lowest BCUT2D eigenvalue weighted by Crippen LogP contribution is -2.33. The van der Waals surface area contributed by atoms with E-state index in [0.717, 1.165) is 11.9 Å². The van der Waals surface area contributed by atoms with Crippen LogP contribution in [0.2, 0.25) is 0 Å². The van der Waals surface area contributed by atoms with Crippen molar-refractivity contribution in [3.05, 3.63) is 28.5 Å². The number of aromatic nitrogens is 1. The summed E-state index contributed by atoms with van der Waals surface area (Å²) in [5.41, 5.74) is 0.0913. The summed E-state index contributed by atoms with van der Waals surface area (Å²) >= 11 is 4.18. The van der Waals surface area contributed by atoms with Crippen molar-refractivity contribution in [3.8, 4) is 0 Å². The fourth-order valence-corrected chi connectivity index (χ4v) is 2.27. The molecule has 1 rings (SSSR count). The minimum absolute atomic E-state index is 0.0913. The molecule has 0 fully saturated rings. The molecule has 18 heavy (non-hydrogen) atoms. The van der Waals surface area contributed by atoms with Gasteiger partial charge in [0.25, 0.3) is 0 Å². The number of nitrogens with one attached hydrogen (secondary N) is 1. The van der Waals surface area contributed by atoms with E-state index in [0.29, 0.717) is 4.47 Å². The van der Waals surface area contributed by atoms with Crippen LogP contribution in [0.1, 0.15) is 32.4 Å². The van der Waals surface area contributed by atoms with E-state index >= 15 is 0 Å². The van der Waals surface area contributed by atoms with Crippen LogP contribution in [0.4, 0.5) is 13.2 Å². The second-order valence-electron chi connectivity index (χ2n) is 4.74. The van der Waals surface area contributed by atoms with Crippen LogP contribution >= 0.6 is 27.9 Å². The smallest absolute Gasteiger partial charge is 0.263 e. The Balaban J connectivity index is 2.93. The lowest BCUT2D eigenvalue weighted by atomic mass is 10.1. The SMILES string of the molecule is CC(C)(C)SNC(c1cncc(Br)c1)C(F)(F)F. The van der Waals surface area contributed by atoms with E-state index in [-0.39, 0.29) is 10.3 Å². The Morgan fingerprint density at radius 1 is 1.28 bits per heavy atom. The predicted molar refractivity (Wildman–Crippen MR) is 71.2 cm³/mol. The van der Waals surface area contributed by atoms with Crippen LogP contribution in [-0.2, 0) is 0 Å². The molecule has 0 amide bonds. The Morgan fingerprint density at radius 2 is 1.89 bits per heavy atom. The summed E-state index contributed by atoms with van der Waals surface area (Å²) < 4.78 is 41.7. The standard InChI is InChI=1S/C11H14BrF3N2S/c1-10(2,3)18-17-9(11(13,14)15)7-4-8(12)6-16-5-7/h4-6,9,17H,1-3H3. The molecule has 0 aliphatic carbocycles. The lowest BCUT2D eigenvalue weighted by Gasteiger charge is -2.26. The van der Waals surface area contributed by atoms with Crippen LogP contribution in [-0.4, -0.2) is 15.9 Å². The first kappa shape index (κ1) is 15.8. The van der Waals surface area contributed by atoms with Crippen molar-refractivity contribution >= 4 is 27.9 Å². The molecular formula is C11H14BrF3N2S. The first-order valence-electron chi connectivity index (χ1n) is 5.20. The summed E-state index contributed by atoms with van der Waals surface area (Å²) in [4.78, 5) is 3.77. The van der Waals surface area contributed by atoms with Gasteiger partial charge in [0.1, 0.15) is 6.04 Å². The average Bonchev–Trinajstić information content (AvgIpc) is 2.13. The van der Waals surface area contributed by atoms with Gasteiger partial charge in [-0.3, -0.25) is 4.98 Å². The molecule has 1 aromatic rings. The Hall–Kier alpha value is -0.270. The maximum atomic E-state index is 13.0. The van der Waals surface area contributed by atoms with Crippen molar-refractivity contribution in [1.82, 2.24) is 9.71 Å². The maximum absolute atomic E-state index is 13.0. The molecule has 1 aromatic heterocycles. The van der Waals surface area contributed by atoms with Gasteiger partial charge in [0.15, 0.2) is 0 Å². The van der Waals surface area contributed by atoms with Crippen molar-refractivity contribution < 1.29 is 13.2 Å². The van der Waals surface area contributed by atoms with Gasteiger partial charge in [-0.05, 0) is 48.3 Å². The Labute approximate surface area is 117 Å². The quantitative estimate of drug-likeness (QED) is 0.819. The maximum Gasteiger partial charge on any atom is 0.408 e. The zero-order valence-electron chi connectivity index (χ0n) is 10.2. The number of hydrogen-bond acceptors (Lipinski definition) is 3. The second kappa shape index (κ2) is 5.79. The number of alkyl halides is 3. The number of halogens is 4. The zero-order chi connectivity index (χ0) is 14.0. The molecule has 1 N–H and O–H groups in total. The second-order valence-corrected chi connectivity index (χ2v) is 7.32. The van der Waals surface area contributed by atoms with Crippen molar-refractivity contribution in [1.29, 1.82) is 0 Å². The normalized spacial score (nSPS) is 14.6. The van der Waals surface area contributed by atoms with Gasteiger partial charge in [0, 0.05) is 21.6 Å². The van der Waals surface area contributed by atoms with Gasteiger partial charge in [0.2, 0.25) is 0 Å². The van der Waals surface area contributed by atoms with Crippen LogP contribution in [0.5, 0.6) is 0 Å². The topological polar surface area (TPSA) is 24.9 Å². The molecule has 102 valence electrons. The summed E-state index contributed by atoms with van der Waals surface area (Å²) in [6.45, 7) is 5.53. The lowest BCUT2D eigenvalue weighted by molar-refractivity contribution is -0.152. The molecule has 1 atom stereocenters. The monoisotopic (exact) mass is 342 g/mol. The summed E-state index contributed by atoms with van der Waals surface area (Å²) in [7, 11) is 0. The molecule has 2 nitrogen and oxygen atoms in total. The minimum atomic E-state index is -4.36. The van der Waals surface area contributed by atoms with Gasteiger partial charge in [-0.25, -0.2) is 4.72 Å². The molecule has 1 unspecified atom stereocenters. The van der Waals surface area contributed by atoms with Gasteiger partial charge in [-0.1, -0.05) is 11.9 Å². The van der Waals surface area contributed by atoms with E-state index in [1.807, 2.05) is 20.8 Å². The highest BCUT2D eigenvalue weighted by atomic mass is 79.9. The molecule has 0 aliphatic rings. The van der Waals surface area contributed by atoms with Crippen LogP contribution in [0.15, 0.2) is 22.9 Å². The summed E-state index contributed by atoms with van der Waals surface area (Å²) in [5, 5.41) is 0. The van der Waals surface area contributed by atoms with E-state index in [9.17, 15) is 13.2 Å². The minimum Gasteiger partial charge on any atom is -0.263 e. The van der Waals surface area contributed by atoms with Gasteiger partial charge < -0.3 is 0 Å². The molecule has 0 spiro atoms. The van der Waals surface area contributed by atoms with Crippen LogP contribution in [0.3, 0.4) is 0 Å². The Bertz CT molecular complexity index is 404. The fraction of sp³-hybridized carbons (Fsp3) is 0.545. The van der Waals surface area contributed by atoms with Crippen molar-refractivity contribution in [2.75, 3.05) is 0 Å². The first-order valence-corrected chi connectivity index (χ1v) is 6.81. The molecule has 7 heteroatoms. The fourth-order valence-electron chi connectivity index (χ4n) is 1.15. The van der Waals surface area contributed by atoms with Crippen molar-refractivity contribution in [3.63, 3.8) is 0 Å². The predicted octanol–water partition coefficient (Wildman–Crippen LogP) is 4.48. The van der Waals surface area contributed by atoms with Gasteiger partial charge in [-0.2, -0.15) is 13.2 Å². The van der Waals surface area contributed by atoms with E-state index < -0.39 is 12.2 Å². The molecule has 1 heterocycles.